The lowest BCUT2D eigenvalue weighted by Crippen LogP contribution is -2.43. The lowest BCUT2D eigenvalue weighted by atomic mass is 9.94. The molecule has 0 bridgehead atoms. The van der Waals surface area contributed by atoms with Crippen molar-refractivity contribution in [1.82, 2.24) is 10.2 Å². The zero-order valence-electron chi connectivity index (χ0n) is 21.0. The molecule has 1 aliphatic rings. The number of carbonyl (C=O) groups is 1. The van der Waals surface area contributed by atoms with Crippen molar-refractivity contribution in [3.05, 3.63) is 59.7 Å². The molecular weight excluding hydrogens is 408 g/mol. The van der Waals surface area contributed by atoms with Crippen LogP contribution in [0, 0.1) is 0 Å². The number of nitrogens with zero attached hydrogens (tertiary/aromatic N) is 1. The largest absolute Gasteiger partial charge is 0.444 e. The van der Waals surface area contributed by atoms with Gasteiger partial charge in [0, 0.05) is 19.1 Å². The maximum Gasteiger partial charge on any atom is 0.410 e. The van der Waals surface area contributed by atoms with Crippen LogP contribution in [-0.2, 0) is 17.8 Å². The fraction of sp³-hybridized carbons (Fsp3) is 0.552. The van der Waals surface area contributed by atoms with Crippen molar-refractivity contribution >= 4 is 6.09 Å². The molecule has 1 fully saturated rings. The summed E-state index contributed by atoms with van der Waals surface area (Å²) in [6.45, 7) is 10.6. The van der Waals surface area contributed by atoms with E-state index in [9.17, 15) is 4.79 Å². The highest BCUT2D eigenvalue weighted by molar-refractivity contribution is 5.69. The van der Waals surface area contributed by atoms with Gasteiger partial charge >= 0.3 is 6.09 Å². The summed E-state index contributed by atoms with van der Waals surface area (Å²) in [5, 5.41) is 3.50. The second-order valence-electron chi connectivity index (χ2n) is 10.3. The van der Waals surface area contributed by atoms with Gasteiger partial charge in [-0.3, -0.25) is 0 Å². The van der Waals surface area contributed by atoms with E-state index in [0.717, 1.165) is 31.5 Å². The summed E-state index contributed by atoms with van der Waals surface area (Å²) in [7, 11) is 0. The number of hydrogen-bond donors (Lipinski definition) is 1. The van der Waals surface area contributed by atoms with Crippen LogP contribution >= 0.6 is 0 Å². The van der Waals surface area contributed by atoms with Gasteiger partial charge in [0.25, 0.3) is 0 Å². The number of hydrogen-bond acceptors (Lipinski definition) is 3. The molecular formula is C29H42N2O2. The molecule has 3 rings (SSSR count). The molecule has 0 atom stereocenters. The Kier molecular flexibility index (Phi) is 9.37. The quantitative estimate of drug-likeness (QED) is 0.407. The third-order valence-corrected chi connectivity index (χ3v) is 6.27. The molecule has 180 valence electrons. The van der Waals surface area contributed by atoms with E-state index in [0.29, 0.717) is 6.54 Å². The van der Waals surface area contributed by atoms with E-state index in [1.807, 2.05) is 25.7 Å². The molecule has 1 saturated carbocycles. The van der Waals surface area contributed by atoms with Crippen LogP contribution in [0.1, 0.15) is 83.8 Å². The smallest absolute Gasteiger partial charge is 0.410 e. The highest BCUT2D eigenvalue weighted by Crippen LogP contribution is 2.27. The van der Waals surface area contributed by atoms with Crippen LogP contribution in [0.3, 0.4) is 0 Å². The van der Waals surface area contributed by atoms with Gasteiger partial charge in [-0.25, -0.2) is 4.79 Å². The van der Waals surface area contributed by atoms with E-state index in [-0.39, 0.29) is 12.1 Å². The normalized spacial score (nSPS) is 14.8. The molecule has 0 radical (unpaired) electrons. The molecule has 4 nitrogen and oxygen atoms in total. The first-order valence-electron chi connectivity index (χ1n) is 12.7. The van der Waals surface area contributed by atoms with Crippen molar-refractivity contribution < 1.29 is 9.53 Å². The molecule has 4 heteroatoms. The predicted molar refractivity (Wildman–Crippen MR) is 137 cm³/mol. The highest BCUT2D eigenvalue weighted by Gasteiger charge is 2.29. The average Bonchev–Trinajstić information content (AvgIpc) is 2.80. The number of unbranched alkanes of at least 4 members (excludes halogenated alkanes) is 1. The molecule has 2 aromatic rings. The molecule has 0 aliphatic heterocycles. The number of rotatable bonds is 9. The molecule has 0 aromatic heterocycles. The third kappa shape index (κ3) is 8.19. The summed E-state index contributed by atoms with van der Waals surface area (Å²) in [4.78, 5) is 15.0. The van der Waals surface area contributed by atoms with Crippen molar-refractivity contribution in [2.75, 3.05) is 6.54 Å². The lowest BCUT2D eigenvalue weighted by molar-refractivity contribution is 0.00988. The minimum Gasteiger partial charge on any atom is -0.444 e. The minimum atomic E-state index is -0.481. The van der Waals surface area contributed by atoms with Crippen molar-refractivity contribution in [3.63, 3.8) is 0 Å². The van der Waals surface area contributed by atoms with Gasteiger partial charge in [-0.1, -0.05) is 81.1 Å². The summed E-state index contributed by atoms with van der Waals surface area (Å²) in [5.74, 6) is 0. The maximum atomic E-state index is 13.0. The van der Waals surface area contributed by atoms with E-state index in [1.165, 1.54) is 48.8 Å². The molecule has 1 N–H and O–H groups in total. The number of ether oxygens (including phenoxy) is 1. The number of nitrogens with one attached hydrogen (secondary N) is 1. The predicted octanol–water partition coefficient (Wildman–Crippen LogP) is 7.31. The highest BCUT2D eigenvalue weighted by atomic mass is 16.6. The first-order valence-corrected chi connectivity index (χ1v) is 12.7. The SMILES string of the molecule is CCCCNCc1ccc(-c2ccc(CN(C(=O)OC(C)(C)C)C3CCCCC3)cc2)cc1. The molecule has 1 amide bonds. The van der Waals surface area contributed by atoms with Crippen molar-refractivity contribution in [2.45, 2.75) is 97.4 Å². The van der Waals surface area contributed by atoms with Gasteiger partial charge in [-0.15, -0.1) is 0 Å². The van der Waals surface area contributed by atoms with Gasteiger partial charge in [0.15, 0.2) is 0 Å². The minimum absolute atomic E-state index is 0.193. The van der Waals surface area contributed by atoms with Gasteiger partial charge in [0.2, 0.25) is 0 Å². The van der Waals surface area contributed by atoms with Crippen molar-refractivity contribution in [3.8, 4) is 11.1 Å². The lowest BCUT2D eigenvalue weighted by Gasteiger charge is -2.35. The molecule has 1 aliphatic carbocycles. The Morgan fingerprint density at radius 1 is 0.939 bits per heavy atom. The van der Waals surface area contributed by atoms with E-state index in [4.69, 9.17) is 4.74 Å². The zero-order chi connectivity index (χ0) is 23.7. The fourth-order valence-electron chi connectivity index (χ4n) is 4.40. The van der Waals surface area contributed by atoms with E-state index in [1.54, 1.807) is 0 Å². The average molecular weight is 451 g/mol. The second-order valence-corrected chi connectivity index (χ2v) is 10.3. The Morgan fingerprint density at radius 2 is 1.52 bits per heavy atom. The summed E-state index contributed by atoms with van der Waals surface area (Å²) in [5.41, 5.74) is 4.39. The van der Waals surface area contributed by atoms with E-state index in [2.05, 4.69) is 60.8 Å². The van der Waals surface area contributed by atoms with Crippen LogP contribution in [0.15, 0.2) is 48.5 Å². The molecule has 0 unspecified atom stereocenters. The van der Waals surface area contributed by atoms with Crippen molar-refractivity contribution in [2.24, 2.45) is 0 Å². The first kappa shape index (κ1) is 25.3. The summed E-state index contributed by atoms with van der Waals surface area (Å²) in [6, 6.07) is 17.7. The van der Waals surface area contributed by atoms with Gasteiger partial charge in [0.1, 0.15) is 5.60 Å². The summed E-state index contributed by atoms with van der Waals surface area (Å²) < 4.78 is 5.75. The maximum absolute atomic E-state index is 13.0. The number of benzene rings is 2. The summed E-state index contributed by atoms with van der Waals surface area (Å²) in [6.07, 6.45) is 8.02. The Bertz CT molecular complexity index is 847. The first-order chi connectivity index (χ1) is 15.9. The van der Waals surface area contributed by atoms with Crippen LogP contribution in [0.4, 0.5) is 4.79 Å². The molecule has 0 saturated heterocycles. The van der Waals surface area contributed by atoms with Gasteiger partial charge in [0.05, 0.1) is 0 Å². The Morgan fingerprint density at radius 3 is 2.06 bits per heavy atom. The van der Waals surface area contributed by atoms with E-state index >= 15 is 0 Å². The zero-order valence-corrected chi connectivity index (χ0v) is 21.0. The Hall–Kier alpha value is -2.33. The molecule has 0 heterocycles. The van der Waals surface area contributed by atoms with Gasteiger partial charge in [-0.05, 0) is 68.8 Å². The topological polar surface area (TPSA) is 41.6 Å². The van der Waals surface area contributed by atoms with Gasteiger partial charge < -0.3 is 15.0 Å². The summed E-state index contributed by atoms with van der Waals surface area (Å²) >= 11 is 0. The molecule has 33 heavy (non-hydrogen) atoms. The third-order valence-electron chi connectivity index (χ3n) is 6.27. The fourth-order valence-corrected chi connectivity index (χ4v) is 4.40. The van der Waals surface area contributed by atoms with Gasteiger partial charge in [-0.2, -0.15) is 0 Å². The van der Waals surface area contributed by atoms with Crippen LogP contribution in [0.2, 0.25) is 0 Å². The van der Waals surface area contributed by atoms with Crippen LogP contribution in [0.5, 0.6) is 0 Å². The Balaban J connectivity index is 1.65. The van der Waals surface area contributed by atoms with Crippen LogP contribution in [0.25, 0.3) is 11.1 Å². The standard InChI is InChI=1S/C29H42N2O2/c1-5-6-20-30-21-23-12-16-25(17-13-23)26-18-14-24(15-19-26)22-31(27-10-8-7-9-11-27)28(32)33-29(2,3)4/h12-19,27,30H,5-11,20-22H2,1-4H3. The molecule has 0 spiro atoms. The van der Waals surface area contributed by atoms with E-state index < -0.39 is 5.60 Å². The van der Waals surface area contributed by atoms with Crippen LogP contribution in [-0.4, -0.2) is 29.2 Å². The van der Waals surface area contributed by atoms with Crippen molar-refractivity contribution in [1.29, 1.82) is 0 Å². The number of amides is 1. The monoisotopic (exact) mass is 450 g/mol. The second kappa shape index (κ2) is 12.2. The Labute approximate surface area is 200 Å². The number of carbonyl (C=O) groups excluding carboxylic acids is 1. The molecule has 2 aromatic carbocycles. The van der Waals surface area contributed by atoms with Crippen LogP contribution < -0.4 is 5.32 Å².